The van der Waals surface area contributed by atoms with Crippen LogP contribution in [0.1, 0.15) is 26.7 Å². The molecule has 17 heavy (non-hydrogen) atoms. The first-order valence-corrected chi connectivity index (χ1v) is 6.48. The lowest BCUT2D eigenvalue weighted by Gasteiger charge is -2.56. The molecule has 98 valence electrons. The van der Waals surface area contributed by atoms with Gasteiger partial charge in [0.1, 0.15) is 0 Å². The summed E-state index contributed by atoms with van der Waals surface area (Å²) in [7, 11) is 6.72. The number of halogens is 1. The largest absolute Gasteiger partial charge is 1.00 e. The van der Waals surface area contributed by atoms with Gasteiger partial charge in [0.05, 0.1) is 27.7 Å². The lowest BCUT2D eigenvalue weighted by Crippen LogP contribution is -3.00. The van der Waals surface area contributed by atoms with Crippen molar-refractivity contribution in [3.8, 4) is 0 Å². The highest BCUT2D eigenvalue weighted by Crippen LogP contribution is 2.59. The van der Waals surface area contributed by atoms with E-state index in [1.54, 1.807) is 5.57 Å². The number of nitrogens with zero attached hydrogens (tertiary/aromatic N) is 1. The molecule has 2 bridgehead atoms. The summed E-state index contributed by atoms with van der Waals surface area (Å²) in [5.74, 6) is 1.78. The second-order valence-corrected chi connectivity index (χ2v) is 7.12. The lowest BCUT2D eigenvalue weighted by atomic mass is 9.49. The van der Waals surface area contributed by atoms with Crippen LogP contribution in [-0.2, 0) is 0 Å². The molecule has 0 N–H and O–H groups in total. The Morgan fingerprint density at radius 3 is 2.47 bits per heavy atom. The van der Waals surface area contributed by atoms with Crippen molar-refractivity contribution in [3.63, 3.8) is 0 Å². The maximum atomic E-state index is 2.47. The van der Waals surface area contributed by atoms with E-state index in [0.717, 1.165) is 22.9 Å². The Labute approximate surface area is 124 Å². The Balaban J connectivity index is 0.00000144. The third-order valence-electron chi connectivity index (χ3n) is 4.47. The number of rotatable bonds is 3. The zero-order valence-electron chi connectivity index (χ0n) is 11.8. The number of fused-ring (bicyclic) bond motifs is 1. The fourth-order valence-corrected chi connectivity index (χ4v) is 3.09. The van der Waals surface area contributed by atoms with Gasteiger partial charge in [-0.25, -0.2) is 0 Å². The second kappa shape index (κ2) is 5.04. The van der Waals surface area contributed by atoms with Crippen LogP contribution in [0.3, 0.4) is 0 Å². The summed E-state index contributed by atoms with van der Waals surface area (Å²) in [6.07, 6.45) is 9.92. The first kappa shape index (κ1) is 15.2. The SMILES string of the molecule is CC1(C)C2CC=C(/C=C/C[N+](C)(C)C)C1C2.[I-]. The van der Waals surface area contributed by atoms with E-state index in [2.05, 4.69) is 53.2 Å². The summed E-state index contributed by atoms with van der Waals surface area (Å²) < 4.78 is 1.01. The van der Waals surface area contributed by atoms with E-state index in [1.165, 1.54) is 12.8 Å². The predicted molar refractivity (Wildman–Crippen MR) is 70.1 cm³/mol. The van der Waals surface area contributed by atoms with E-state index in [0.29, 0.717) is 5.41 Å². The van der Waals surface area contributed by atoms with Gasteiger partial charge in [0.2, 0.25) is 0 Å². The molecular weight excluding hydrogens is 321 g/mol. The Morgan fingerprint density at radius 2 is 2.00 bits per heavy atom. The summed E-state index contributed by atoms with van der Waals surface area (Å²) in [6, 6.07) is 0. The zero-order chi connectivity index (χ0) is 12.0. The van der Waals surface area contributed by atoms with Gasteiger partial charge in [-0.2, -0.15) is 0 Å². The number of likely N-dealkylation sites (N-methyl/N-ethyl adjacent to an activating group) is 1. The van der Waals surface area contributed by atoms with Gasteiger partial charge < -0.3 is 28.5 Å². The van der Waals surface area contributed by atoms with Crippen LogP contribution in [0, 0.1) is 17.3 Å². The fourth-order valence-electron chi connectivity index (χ4n) is 3.09. The highest BCUT2D eigenvalue weighted by Gasteiger charge is 2.50. The maximum Gasteiger partial charge on any atom is 0.0970 e. The summed E-state index contributed by atoms with van der Waals surface area (Å²) in [6.45, 7) is 5.99. The van der Waals surface area contributed by atoms with Crippen molar-refractivity contribution in [1.82, 2.24) is 0 Å². The van der Waals surface area contributed by atoms with Crippen LogP contribution in [0.5, 0.6) is 0 Å². The summed E-state index contributed by atoms with van der Waals surface area (Å²) in [4.78, 5) is 0. The molecule has 0 aromatic heterocycles. The van der Waals surface area contributed by atoms with E-state index >= 15 is 0 Å². The average Bonchev–Trinajstić information content (AvgIpc) is 2.15. The summed E-state index contributed by atoms with van der Waals surface area (Å²) >= 11 is 0. The fraction of sp³-hybridized carbons (Fsp3) is 0.733. The lowest BCUT2D eigenvalue weighted by molar-refractivity contribution is -0.864. The highest BCUT2D eigenvalue weighted by molar-refractivity contribution is 5.31. The molecule has 0 amide bonds. The number of hydrogen-bond donors (Lipinski definition) is 0. The minimum Gasteiger partial charge on any atom is -1.00 e. The van der Waals surface area contributed by atoms with Crippen molar-refractivity contribution in [2.24, 2.45) is 17.3 Å². The van der Waals surface area contributed by atoms with Crippen LogP contribution in [0.2, 0.25) is 0 Å². The van der Waals surface area contributed by atoms with E-state index in [9.17, 15) is 0 Å². The third kappa shape index (κ3) is 3.14. The molecule has 0 radical (unpaired) electrons. The molecule has 0 spiro atoms. The molecule has 2 heteroatoms. The van der Waals surface area contributed by atoms with Crippen LogP contribution in [0.15, 0.2) is 23.8 Å². The normalized spacial score (nSPS) is 30.5. The van der Waals surface area contributed by atoms with E-state index < -0.39 is 0 Å². The molecule has 0 heterocycles. The first-order chi connectivity index (χ1) is 7.31. The van der Waals surface area contributed by atoms with Crippen molar-refractivity contribution < 1.29 is 28.5 Å². The van der Waals surface area contributed by atoms with Crippen molar-refractivity contribution in [2.75, 3.05) is 27.7 Å². The average molecular weight is 347 g/mol. The Bertz CT molecular complexity index is 333. The van der Waals surface area contributed by atoms with Crippen molar-refractivity contribution in [2.45, 2.75) is 26.7 Å². The van der Waals surface area contributed by atoms with Gasteiger partial charge >= 0.3 is 0 Å². The highest BCUT2D eigenvalue weighted by atomic mass is 127. The quantitative estimate of drug-likeness (QED) is 0.507. The maximum absolute atomic E-state index is 2.47. The van der Waals surface area contributed by atoms with Gasteiger partial charge in [0.15, 0.2) is 0 Å². The minimum atomic E-state index is 0. The van der Waals surface area contributed by atoms with Gasteiger partial charge in [0, 0.05) is 0 Å². The first-order valence-electron chi connectivity index (χ1n) is 6.48. The number of hydrogen-bond acceptors (Lipinski definition) is 0. The van der Waals surface area contributed by atoms with Crippen LogP contribution >= 0.6 is 0 Å². The van der Waals surface area contributed by atoms with Gasteiger partial charge in [-0.15, -0.1) is 0 Å². The molecule has 0 aromatic carbocycles. The van der Waals surface area contributed by atoms with E-state index in [4.69, 9.17) is 0 Å². The van der Waals surface area contributed by atoms with Crippen molar-refractivity contribution in [3.05, 3.63) is 23.8 Å². The minimum absolute atomic E-state index is 0. The molecule has 3 aliphatic carbocycles. The van der Waals surface area contributed by atoms with E-state index in [-0.39, 0.29) is 24.0 Å². The number of allylic oxidation sites excluding steroid dienone is 3. The Hall–Kier alpha value is 0.170. The monoisotopic (exact) mass is 347 g/mol. The zero-order valence-corrected chi connectivity index (χ0v) is 14.0. The Kier molecular flexibility index (Phi) is 4.52. The van der Waals surface area contributed by atoms with Gasteiger partial charge in [0.25, 0.3) is 0 Å². The predicted octanol–water partition coefficient (Wildman–Crippen LogP) is 0.245. The van der Waals surface area contributed by atoms with E-state index in [1.807, 2.05) is 0 Å². The number of quaternary nitrogens is 1. The van der Waals surface area contributed by atoms with Gasteiger partial charge in [-0.3, -0.25) is 0 Å². The summed E-state index contributed by atoms with van der Waals surface area (Å²) in [5, 5.41) is 0. The summed E-state index contributed by atoms with van der Waals surface area (Å²) in [5.41, 5.74) is 2.16. The van der Waals surface area contributed by atoms with Gasteiger partial charge in [-0.1, -0.05) is 26.0 Å². The molecule has 3 rings (SSSR count). The molecule has 2 atom stereocenters. The smallest absolute Gasteiger partial charge is 0.0970 e. The topological polar surface area (TPSA) is 0 Å². The van der Waals surface area contributed by atoms with Crippen molar-refractivity contribution in [1.29, 1.82) is 0 Å². The molecule has 0 aliphatic heterocycles. The second-order valence-electron chi connectivity index (χ2n) is 7.12. The Morgan fingerprint density at radius 1 is 1.35 bits per heavy atom. The standard InChI is InChI=1S/C15H26N.HI/c1-15(2)13-9-8-12(14(15)11-13)7-6-10-16(3,4)5;/h6-8,13-14H,9-11H2,1-5H3;1H/q+1;/p-1/b7-6+;. The van der Waals surface area contributed by atoms with Crippen LogP contribution in [-0.4, -0.2) is 32.2 Å². The molecule has 0 saturated heterocycles. The molecular formula is C15H26IN. The molecule has 0 aromatic rings. The van der Waals surface area contributed by atoms with Gasteiger partial charge in [-0.05, 0) is 41.7 Å². The molecule has 1 fully saturated rings. The van der Waals surface area contributed by atoms with Crippen molar-refractivity contribution >= 4 is 0 Å². The van der Waals surface area contributed by atoms with Crippen LogP contribution in [0.4, 0.5) is 0 Å². The molecule has 2 unspecified atom stereocenters. The molecule has 3 aliphatic rings. The van der Waals surface area contributed by atoms with Crippen LogP contribution in [0.25, 0.3) is 0 Å². The molecule has 1 saturated carbocycles. The third-order valence-corrected chi connectivity index (χ3v) is 4.47. The van der Waals surface area contributed by atoms with Crippen LogP contribution < -0.4 is 24.0 Å². The molecule has 1 nitrogen and oxygen atoms in total.